The summed E-state index contributed by atoms with van der Waals surface area (Å²) < 4.78 is 5.56. The molecule has 2 fully saturated rings. The van der Waals surface area contributed by atoms with Gasteiger partial charge in [-0.2, -0.15) is 0 Å². The van der Waals surface area contributed by atoms with Gasteiger partial charge in [0.2, 0.25) is 5.91 Å². The number of fused-ring (bicyclic) bond motifs is 1. The Balaban J connectivity index is 1.50. The van der Waals surface area contributed by atoms with Crippen LogP contribution in [0, 0.1) is 5.92 Å². The molecule has 6 nitrogen and oxygen atoms in total. The van der Waals surface area contributed by atoms with Crippen molar-refractivity contribution in [2.45, 2.75) is 38.6 Å². The molecule has 1 aromatic carbocycles. The summed E-state index contributed by atoms with van der Waals surface area (Å²) >= 11 is 0. The first kappa shape index (κ1) is 18.6. The van der Waals surface area contributed by atoms with E-state index < -0.39 is 0 Å². The summed E-state index contributed by atoms with van der Waals surface area (Å²) in [6, 6.07) is 10.2. The lowest BCUT2D eigenvalue weighted by Crippen LogP contribution is -2.42. The molecule has 1 saturated heterocycles. The van der Waals surface area contributed by atoms with E-state index in [9.17, 15) is 4.79 Å². The Morgan fingerprint density at radius 2 is 1.76 bits per heavy atom. The van der Waals surface area contributed by atoms with Crippen molar-refractivity contribution in [3.63, 3.8) is 0 Å². The summed E-state index contributed by atoms with van der Waals surface area (Å²) in [7, 11) is 0. The van der Waals surface area contributed by atoms with Gasteiger partial charge in [-0.1, -0.05) is 43.2 Å². The summed E-state index contributed by atoms with van der Waals surface area (Å²) in [5.74, 6) is 2.31. The van der Waals surface area contributed by atoms with Crippen molar-refractivity contribution in [1.82, 2.24) is 14.9 Å². The van der Waals surface area contributed by atoms with E-state index in [0.717, 1.165) is 67.4 Å². The Kier molecular flexibility index (Phi) is 5.19. The van der Waals surface area contributed by atoms with Gasteiger partial charge in [0.15, 0.2) is 5.82 Å². The summed E-state index contributed by atoms with van der Waals surface area (Å²) in [4.78, 5) is 27.3. The van der Waals surface area contributed by atoms with Crippen LogP contribution in [-0.4, -0.2) is 53.6 Å². The Bertz CT molecular complexity index is 874. The number of hydrogen-bond donors (Lipinski definition) is 0. The molecule has 2 aromatic rings. The van der Waals surface area contributed by atoms with Crippen molar-refractivity contribution in [2.75, 3.05) is 37.7 Å². The maximum absolute atomic E-state index is 13.0. The van der Waals surface area contributed by atoms with Crippen molar-refractivity contribution >= 4 is 11.7 Å². The number of nitrogens with zero attached hydrogens (tertiary/aromatic N) is 4. The molecule has 1 aromatic heterocycles. The van der Waals surface area contributed by atoms with E-state index in [-0.39, 0.29) is 5.92 Å². The van der Waals surface area contributed by atoms with Gasteiger partial charge >= 0.3 is 0 Å². The second-order valence-corrected chi connectivity index (χ2v) is 8.25. The van der Waals surface area contributed by atoms with Crippen LogP contribution >= 0.6 is 0 Å². The molecule has 3 heterocycles. The van der Waals surface area contributed by atoms with E-state index in [4.69, 9.17) is 14.7 Å². The summed E-state index contributed by atoms with van der Waals surface area (Å²) in [6.07, 6.45) is 5.25. The van der Waals surface area contributed by atoms with Gasteiger partial charge < -0.3 is 14.5 Å². The van der Waals surface area contributed by atoms with E-state index in [1.165, 1.54) is 12.8 Å². The molecule has 1 amide bonds. The highest BCUT2D eigenvalue weighted by Crippen LogP contribution is 2.33. The third-order valence-corrected chi connectivity index (χ3v) is 6.40. The molecule has 29 heavy (non-hydrogen) atoms. The minimum atomic E-state index is 0.216. The smallest absolute Gasteiger partial charge is 0.225 e. The van der Waals surface area contributed by atoms with E-state index in [1.54, 1.807) is 0 Å². The molecule has 6 heteroatoms. The van der Waals surface area contributed by atoms with Crippen LogP contribution in [0.2, 0.25) is 0 Å². The van der Waals surface area contributed by atoms with Gasteiger partial charge in [-0.25, -0.2) is 9.97 Å². The fourth-order valence-corrected chi connectivity index (χ4v) is 4.77. The summed E-state index contributed by atoms with van der Waals surface area (Å²) in [6.45, 7) is 4.47. The number of rotatable bonds is 3. The van der Waals surface area contributed by atoms with Crippen molar-refractivity contribution in [3.8, 4) is 11.4 Å². The predicted octanol–water partition coefficient (Wildman–Crippen LogP) is 3.06. The lowest BCUT2D eigenvalue weighted by Gasteiger charge is -2.35. The number of anilines is 1. The van der Waals surface area contributed by atoms with E-state index in [2.05, 4.69) is 17.0 Å². The van der Waals surface area contributed by atoms with Crippen LogP contribution in [0.15, 0.2) is 30.3 Å². The Labute approximate surface area is 171 Å². The second-order valence-electron chi connectivity index (χ2n) is 8.25. The van der Waals surface area contributed by atoms with Crippen LogP contribution in [0.3, 0.4) is 0 Å². The molecule has 152 valence electrons. The highest BCUT2D eigenvalue weighted by atomic mass is 16.5. The lowest BCUT2D eigenvalue weighted by molar-refractivity contribution is -0.136. The van der Waals surface area contributed by atoms with Crippen molar-refractivity contribution in [3.05, 3.63) is 41.6 Å². The predicted molar refractivity (Wildman–Crippen MR) is 112 cm³/mol. The Morgan fingerprint density at radius 3 is 2.52 bits per heavy atom. The van der Waals surface area contributed by atoms with Crippen molar-refractivity contribution < 1.29 is 9.53 Å². The maximum Gasteiger partial charge on any atom is 0.225 e. The third kappa shape index (κ3) is 3.73. The minimum Gasteiger partial charge on any atom is -0.378 e. The molecule has 0 unspecified atom stereocenters. The van der Waals surface area contributed by atoms with E-state index >= 15 is 0 Å². The number of amides is 1. The Hall–Kier alpha value is -2.47. The zero-order valence-corrected chi connectivity index (χ0v) is 16.8. The Morgan fingerprint density at radius 1 is 1.00 bits per heavy atom. The largest absolute Gasteiger partial charge is 0.378 e. The number of hydrogen-bond acceptors (Lipinski definition) is 5. The molecule has 2 aliphatic heterocycles. The number of benzene rings is 1. The standard InChI is InChI=1S/C23H28N4O2/c28-23(18-8-4-5-9-18)27-11-10-20-19(16-27)22(26-12-14-29-15-13-26)25-21(24-20)17-6-2-1-3-7-17/h1-3,6-7,18H,4-5,8-16H2. The fourth-order valence-electron chi connectivity index (χ4n) is 4.77. The molecule has 0 spiro atoms. The third-order valence-electron chi connectivity index (χ3n) is 6.40. The van der Waals surface area contributed by atoms with Crippen LogP contribution in [0.25, 0.3) is 11.4 Å². The molecule has 5 rings (SSSR count). The fraction of sp³-hybridized carbons (Fsp3) is 0.522. The van der Waals surface area contributed by atoms with Crippen LogP contribution in [-0.2, 0) is 22.5 Å². The average molecular weight is 393 g/mol. The summed E-state index contributed by atoms with van der Waals surface area (Å²) in [5.41, 5.74) is 3.26. The van der Waals surface area contributed by atoms with Gasteiger partial charge in [0, 0.05) is 43.1 Å². The van der Waals surface area contributed by atoms with Crippen molar-refractivity contribution in [2.24, 2.45) is 5.92 Å². The molecule has 0 bridgehead atoms. The molecule has 1 saturated carbocycles. The SMILES string of the molecule is O=C(C1CCCC1)N1CCc2nc(-c3ccccc3)nc(N3CCOCC3)c2C1. The maximum atomic E-state index is 13.0. The first-order chi connectivity index (χ1) is 14.3. The van der Waals surface area contributed by atoms with Gasteiger partial charge in [-0.15, -0.1) is 0 Å². The molecule has 0 atom stereocenters. The summed E-state index contributed by atoms with van der Waals surface area (Å²) in [5, 5.41) is 0. The first-order valence-corrected chi connectivity index (χ1v) is 10.9. The number of carbonyl (C=O) groups is 1. The zero-order chi connectivity index (χ0) is 19.6. The van der Waals surface area contributed by atoms with Gasteiger partial charge in [0.1, 0.15) is 5.82 Å². The number of ether oxygens (including phenoxy) is 1. The minimum absolute atomic E-state index is 0.216. The first-order valence-electron chi connectivity index (χ1n) is 10.9. The van der Waals surface area contributed by atoms with E-state index in [1.807, 2.05) is 23.1 Å². The van der Waals surface area contributed by atoms with Crippen LogP contribution in [0.4, 0.5) is 5.82 Å². The number of carbonyl (C=O) groups excluding carboxylic acids is 1. The molecular weight excluding hydrogens is 364 g/mol. The molecule has 3 aliphatic rings. The van der Waals surface area contributed by atoms with Gasteiger partial charge in [-0.3, -0.25) is 4.79 Å². The van der Waals surface area contributed by atoms with Gasteiger partial charge in [0.25, 0.3) is 0 Å². The van der Waals surface area contributed by atoms with Gasteiger partial charge in [-0.05, 0) is 12.8 Å². The zero-order valence-electron chi connectivity index (χ0n) is 16.8. The lowest BCUT2D eigenvalue weighted by atomic mass is 10.0. The topological polar surface area (TPSA) is 58.6 Å². The van der Waals surface area contributed by atoms with Gasteiger partial charge in [0.05, 0.1) is 25.5 Å². The van der Waals surface area contributed by atoms with E-state index in [0.29, 0.717) is 25.7 Å². The number of morpholine rings is 1. The molecule has 0 radical (unpaired) electrons. The van der Waals surface area contributed by atoms with Crippen LogP contribution in [0.5, 0.6) is 0 Å². The molecular formula is C23H28N4O2. The monoisotopic (exact) mass is 392 g/mol. The quantitative estimate of drug-likeness (QED) is 0.804. The molecule has 1 aliphatic carbocycles. The highest BCUT2D eigenvalue weighted by Gasteiger charge is 2.32. The highest BCUT2D eigenvalue weighted by molar-refractivity contribution is 5.79. The van der Waals surface area contributed by atoms with Crippen molar-refractivity contribution in [1.29, 1.82) is 0 Å². The average Bonchev–Trinajstić information content (AvgIpc) is 3.34. The second kappa shape index (κ2) is 8.11. The van der Waals surface area contributed by atoms with Crippen LogP contribution < -0.4 is 4.90 Å². The number of aromatic nitrogens is 2. The molecule has 0 N–H and O–H groups in total. The normalized spacial score (nSPS) is 20.0. The van der Waals surface area contributed by atoms with Crippen LogP contribution in [0.1, 0.15) is 36.9 Å².